The van der Waals surface area contributed by atoms with Crippen molar-refractivity contribution in [2.45, 2.75) is 40.2 Å². The minimum Gasteiger partial charge on any atom is -0.505 e. The number of hydrogen-bond acceptors (Lipinski definition) is 8. The number of aryl methyl sites for hydroxylation is 1. The molecule has 1 atom stereocenters. The van der Waals surface area contributed by atoms with Gasteiger partial charge in [0.05, 0.1) is 43.7 Å². The number of aliphatic hydroxyl groups excluding tert-OH is 1. The summed E-state index contributed by atoms with van der Waals surface area (Å²) in [6, 6.07) is 10.2. The summed E-state index contributed by atoms with van der Waals surface area (Å²) in [6.45, 7) is 12.6. The lowest BCUT2D eigenvalue weighted by Gasteiger charge is -2.31. The Bertz CT molecular complexity index is 1470. The lowest BCUT2D eigenvalue weighted by molar-refractivity contribution is -0.140. The van der Waals surface area contributed by atoms with Gasteiger partial charge >= 0.3 is 0 Å². The largest absolute Gasteiger partial charge is 0.505 e. The fourth-order valence-corrected chi connectivity index (χ4v) is 5.54. The van der Waals surface area contributed by atoms with Crippen LogP contribution in [0, 0.1) is 12.8 Å². The number of nitrogens with zero attached hydrogens (tertiary/aromatic N) is 4. The van der Waals surface area contributed by atoms with Gasteiger partial charge in [0.1, 0.15) is 11.3 Å². The summed E-state index contributed by atoms with van der Waals surface area (Å²) in [5.74, 6) is 0.0110. The Kier molecular flexibility index (Phi) is 9.13. The number of hydrogen-bond donors (Lipinski definition) is 1. The molecule has 2 aliphatic heterocycles. The number of pyridine rings is 1. The predicted molar refractivity (Wildman–Crippen MR) is 159 cm³/mol. The van der Waals surface area contributed by atoms with Gasteiger partial charge in [-0.15, -0.1) is 0 Å². The van der Waals surface area contributed by atoms with Gasteiger partial charge in [0, 0.05) is 32.4 Å². The van der Waals surface area contributed by atoms with Crippen LogP contribution in [0.15, 0.2) is 48.2 Å². The molecule has 4 heterocycles. The SMILES string of the molecule is CCOc1cc(C2/C(=C(\O)c3c(C)nc4ccccn34)C(=O)C(=O)N2CCN2CCOCC2)ccc1OCCC(C)C. The Balaban J connectivity index is 1.59. The number of imidazole rings is 1. The van der Waals surface area contributed by atoms with E-state index in [1.807, 2.05) is 43.3 Å². The van der Waals surface area contributed by atoms with Crippen molar-refractivity contribution in [2.24, 2.45) is 5.92 Å². The van der Waals surface area contributed by atoms with Crippen molar-refractivity contribution in [1.29, 1.82) is 0 Å². The highest BCUT2D eigenvalue weighted by molar-refractivity contribution is 6.46. The molecule has 2 aliphatic rings. The Morgan fingerprint density at radius 3 is 2.62 bits per heavy atom. The van der Waals surface area contributed by atoms with Gasteiger partial charge in [-0.25, -0.2) is 4.98 Å². The van der Waals surface area contributed by atoms with E-state index in [-0.39, 0.29) is 11.3 Å². The van der Waals surface area contributed by atoms with Gasteiger partial charge in [-0.05, 0) is 56.0 Å². The molecule has 10 heteroatoms. The zero-order chi connectivity index (χ0) is 29.8. The molecule has 1 aromatic carbocycles. The Morgan fingerprint density at radius 2 is 1.88 bits per heavy atom. The van der Waals surface area contributed by atoms with Crippen LogP contribution in [0.4, 0.5) is 0 Å². The average molecular weight is 577 g/mol. The van der Waals surface area contributed by atoms with Crippen LogP contribution in [0.3, 0.4) is 0 Å². The first-order valence-corrected chi connectivity index (χ1v) is 14.7. The number of Topliss-reactive ketones (excluding diaryl/α,β-unsaturated/α-hetero) is 1. The smallest absolute Gasteiger partial charge is 0.295 e. The molecule has 0 radical (unpaired) electrons. The zero-order valence-electron chi connectivity index (χ0n) is 24.8. The quantitative estimate of drug-likeness (QED) is 0.206. The number of aromatic nitrogens is 2. The maximum atomic E-state index is 13.7. The van der Waals surface area contributed by atoms with E-state index in [1.54, 1.807) is 22.4 Å². The standard InChI is InChI=1S/C32H40N4O6/c1-5-41-25-20-23(9-10-24(25)42-17-11-21(2)3)29-27(30(37)28-22(4)33-26-8-6-7-12-35(26)28)31(38)32(39)36(29)14-13-34-15-18-40-19-16-34/h6-10,12,20-21,29,37H,5,11,13-19H2,1-4H3/b30-27+. The van der Waals surface area contributed by atoms with Gasteiger partial charge in [0.25, 0.3) is 11.7 Å². The number of aliphatic hydroxyl groups is 1. The Hall–Kier alpha value is -3.89. The Labute approximate surface area is 246 Å². The Morgan fingerprint density at radius 1 is 1.10 bits per heavy atom. The van der Waals surface area contributed by atoms with E-state index in [4.69, 9.17) is 14.2 Å². The molecule has 1 unspecified atom stereocenters. The van der Waals surface area contributed by atoms with Crippen molar-refractivity contribution in [3.05, 3.63) is 65.1 Å². The predicted octanol–water partition coefficient (Wildman–Crippen LogP) is 4.22. The van der Waals surface area contributed by atoms with Crippen molar-refractivity contribution >= 4 is 23.1 Å². The second-order valence-corrected chi connectivity index (χ2v) is 11.1. The summed E-state index contributed by atoms with van der Waals surface area (Å²) >= 11 is 0. The molecule has 42 heavy (non-hydrogen) atoms. The van der Waals surface area contributed by atoms with Crippen molar-refractivity contribution in [2.75, 3.05) is 52.6 Å². The van der Waals surface area contributed by atoms with E-state index in [0.717, 1.165) is 19.5 Å². The summed E-state index contributed by atoms with van der Waals surface area (Å²) in [6.07, 6.45) is 2.68. The van der Waals surface area contributed by atoms with E-state index >= 15 is 0 Å². The van der Waals surface area contributed by atoms with Crippen LogP contribution in [0.1, 0.15) is 50.2 Å². The molecule has 1 amide bonds. The van der Waals surface area contributed by atoms with Crippen LogP contribution in [-0.4, -0.2) is 88.6 Å². The van der Waals surface area contributed by atoms with Gasteiger partial charge in [-0.2, -0.15) is 0 Å². The number of benzene rings is 1. The molecular formula is C32H40N4O6. The first-order valence-electron chi connectivity index (χ1n) is 14.7. The highest BCUT2D eigenvalue weighted by Crippen LogP contribution is 2.42. The highest BCUT2D eigenvalue weighted by Gasteiger charge is 2.46. The second-order valence-electron chi connectivity index (χ2n) is 11.1. The average Bonchev–Trinajstić information content (AvgIpc) is 3.45. The summed E-state index contributed by atoms with van der Waals surface area (Å²) in [4.78, 5) is 35.6. The van der Waals surface area contributed by atoms with Gasteiger partial charge in [0.2, 0.25) is 0 Å². The van der Waals surface area contributed by atoms with Crippen LogP contribution < -0.4 is 9.47 Å². The van der Waals surface area contributed by atoms with Crippen molar-refractivity contribution in [1.82, 2.24) is 19.2 Å². The van der Waals surface area contributed by atoms with E-state index in [1.165, 1.54) is 0 Å². The van der Waals surface area contributed by atoms with Gasteiger partial charge in [-0.3, -0.25) is 18.9 Å². The fraction of sp³-hybridized carbons (Fsp3) is 0.469. The molecule has 0 bridgehead atoms. The number of morpholine rings is 1. The van der Waals surface area contributed by atoms with Gasteiger partial charge in [0.15, 0.2) is 17.3 Å². The number of fused-ring (bicyclic) bond motifs is 1. The van der Waals surface area contributed by atoms with Crippen LogP contribution in [0.2, 0.25) is 0 Å². The van der Waals surface area contributed by atoms with Crippen LogP contribution >= 0.6 is 0 Å². The maximum Gasteiger partial charge on any atom is 0.295 e. The van der Waals surface area contributed by atoms with Gasteiger partial charge < -0.3 is 24.2 Å². The third kappa shape index (κ3) is 6.00. The molecule has 1 N–H and O–H groups in total. The maximum absolute atomic E-state index is 13.7. The normalized spacial score (nSPS) is 19.3. The number of carbonyl (C=O) groups excluding carboxylic acids is 2. The summed E-state index contributed by atoms with van der Waals surface area (Å²) in [7, 11) is 0. The first-order chi connectivity index (χ1) is 20.3. The fourth-order valence-electron chi connectivity index (χ4n) is 5.54. The monoisotopic (exact) mass is 576 g/mol. The summed E-state index contributed by atoms with van der Waals surface area (Å²) < 4.78 is 19.2. The number of ether oxygens (including phenoxy) is 3. The van der Waals surface area contributed by atoms with Crippen molar-refractivity contribution in [3.8, 4) is 11.5 Å². The van der Waals surface area contributed by atoms with E-state index in [2.05, 4.69) is 23.7 Å². The number of carbonyl (C=O) groups is 2. The molecule has 224 valence electrons. The number of likely N-dealkylation sites (tertiary alicyclic amines) is 1. The molecular weight excluding hydrogens is 536 g/mol. The third-order valence-corrected chi connectivity index (χ3v) is 7.77. The van der Waals surface area contributed by atoms with E-state index in [9.17, 15) is 14.7 Å². The molecule has 2 aromatic heterocycles. The number of ketones is 1. The minimum atomic E-state index is -0.816. The summed E-state index contributed by atoms with van der Waals surface area (Å²) in [5.41, 5.74) is 2.27. The molecule has 0 saturated carbocycles. The second kappa shape index (κ2) is 13.0. The molecule has 5 rings (SSSR count). The topological polar surface area (TPSA) is 106 Å². The van der Waals surface area contributed by atoms with Crippen LogP contribution in [0.5, 0.6) is 11.5 Å². The first kappa shape index (κ1) is 29.6. The number of amides is 1. The lowest BCUT2D eigenvalue weighted by atomic mass is 9.96. The molecule has 0 aliphatic carbocycles. The third-order valence-electron chi connectivity index (χ3n) is 7.77. The number of rotatable bonds is 11. The molecule has 2 fully saturated rings. The summed E-state index contributed by atoms with van der Waals surface area (Å²) in [5, 5.41) is 11.8. The van der Waals surface area contributed by atoms with Crippen molar-refractivity contribution < 1.29 is 28.9 Å². The zero-order valence-corrected chi connectivity index (χ0v) is 24.8. The van der Waals surface area contributed by atoms with Crippen LogP contribution in [0.25, 0.3) is 11.4 Å². The minimum absolute atomic E-state index is 0.0339. The van der Waals surface area contributed by atoms with Crippen molar-refractivity contribution in [3.63, 3.8) is 0 Å². The van der Waals surface area contributed by atoms with E-state index < -0.39 is 17.7 Å². The molecule has 2 saturated heterocycles. The van der Waals surface area contributed by atoms with E-state index in [0.29, 0.717) is 79.5 Å². The molecule has 3 aromatic rings. The lowest BCUT2D eigenvalue weighted by Crippen LogP contribution is -2.42. The van der Waals surface area contributed by atoms with Crippen LogP contribution in [-0.2, 0) is 14.3 Å². The van der Waals surface area contributed by atoms with Gasteiger partial charge in [-0.1, -0.05) is 26.0 Å². The highest BCUT2D eigenvalue weighted by atomic mass is 16.5. The molecule has 10 nitrogen and oxygen atoms in total. The molecule has 0 spiro atoms.